The molecule has 1 unspecified atom stereocenters. The first-order valence-corrected chi connectivity index (χ1v) is 10.7. The zero-order valence-electron chi connectivity index (χ0n) is 15.5. The summed E-state index contributed by atoms with van der Waals surface area (Å²) in [5, 5.41) is 3.56. The number of aromatic nitrogens is 2. The van der Waals surface area contributed by atoms with Gasteiger partial charge in [0.15, 0.2) is 0 Å². The number of H-pyrrole nitrogens is 1. The van der Waals surface area contributed by atoms with Crippen LogP contribution < -0.4 is 5.32 Å². The van der Waals surface area contributed by atoms with Gasteiger partial charge in [-0.1, -0.05) is 70.6 Å². The lowest BCUT2D eigenvalue weighted by molar-refractivity contribution is 0.465. The first-order chi connectivity index (χ1) is 11.9. The number of hydrogen-bond donors (Lipinski definition) is 2. The van der Waals surface area contributed by atoms with Crippen molar-refractivity contribution in [3.05, 3.63) is 17.7 Å². The van der Waals surface area contributed by atoms with E-state index in [2.05, 4.69) is 16.5 Å². The fourth-order valence-electron chi connectivity index (χ4n) is 4.48. The largest absolute Gasteiger partial charge is 0.344 e. The summed E-state index contributed by atoms with van der Waals surface area (Å²) in [7, 11) is 0. The highest BCUT2D eigenvalue weighted by Crippen LogP contribution is 2.30. The highest BCUT2D eigenvalue weighted by molar-refractivity contribution is 5.11. The minimum absolute atomic E-state index is 0.470. The average molecular weight is 332 g/mol. The molecule has 0 bridgehead atoms. The van der Waals surface area contributed by atoms with E-state index in [1.807, 2.05) is 0 Å². The Morgan fingerprint density at radius 3 is 1.83 bits per heavy atom. The van der Waals surface area contributed by atoms with Crippen LogP contribution in [0.4, 0.5) is 0 Å². The Bertz CT molecular complexity index is 434. The van der Waals surface area contributed by atoms with Crippen LogP contribution in [-0.2, 0) is 0 Å². The van der Waals surface area contributed by atoms with Crippen molar-refractivity contribution in [1.29, 1.82) is 0 Å². The number of hydrogen-bond acceptors (Lipinski definition) is 2. The fraction of sp³-hybridized carbons (Fsp3) is 0.857. The molecule has 1 aromatic heterocycles. The normalized spacial score (nSPS) is 26.2. The van der Waals surface area contributed by atoms with Crippen molar-refractivity contribution in [1.82, 2.24) is 15.3 Å². The minimum Gasteiger partial charge on any atom is -0.344 e. The second-order valence-electron chi connectivity index (χ2n) is 8.04. The van der Waals surface area contributed by atoms with Crippen molar-refractivity contribution in [3.8, 4) is 0 Å². The van der Waals surface area contributed by atoms with Gasteiger partial charge in [-0.25, -0.2) is 4.98 Å². The molecule has 0 spiro atoms. The van der Waals surface area contributed by atoms with Gasteiger partial charge in [0.05, 0.1) is 6.04 Å². The van der Waals surface area contributed by atoms with Gasteiger partial charge >= 0.3 is 0 Å². The van der Waals surface area contributed by atoms with Gasteiger partial charge in [-0.05, 0) is 32.2 Å². The molecule has 3 nitrogen and oxygen atoms in total. The van der Waals surface area contributed by atoms with Gasteiger partial charge in [0.2, 0.25) is 0 Å². The molecular weight excluding hydrogens is 294 g/mol. The Labute approximate surface area is 148 Å². The number of imidazole rings is 1. The van der Waals surface area contributed by atoms with Crippen LogP contribution in [-0.4, -0.2) is 16.5 Å². The van der Waals surface area contributed by atoms with Crippen LogP contribution in [0.3, 0.4) is 0 Å². The molecule has 0 amide bonds. The third-order valence-electron chi connectivity index (χ3n) is 6.05. The summed E-state index contributed by atoms with van der Waals surface area (Å²) >= 11 is 0. The molecule has 0 radical (unpaired) electrons. The van der Waals surface area contributed by atoms with E-state index in [9.17, 15) is 0 Å². The van der Waals surface area contributed by atoms with Crippen molar-refractivity contribution in [2.24, 2.45) is 0 Å². The predicted octanol–water partition coefficient (Wildman–Crippen LogP) is 6.00. The van der Waals surface area contributed by atoms with Crippen molar-refractivity contribution in [2.45, 2.75) is 108 Å². The number of rotatable bonds is 2. The summed E-state index contributed by atoms with van der Waals surface area (Å²) in [6.45, 7) is 1.14. The lowest BCUT2D eigenvalue weighted by atomic mass is 9.91. The van der Waals surface area contributed by atoms with Crippen molar-refractivity contribution < 1.29 is 0 Å². The molecule has 1 saturated carbocycles. The smallest absolute Gasteiger partial charge is 0.123 e. The molecule has 1 atom stereocenters. The van der Waals surface area contributed by atoms with Gasteiger partial charge in [-0.15, -0.1) is 0 Å². The molecule has 136 valence electrons. The van der Waals surface area contributed by atoms with Crippen molar-refractivity contribution >= 4 is 0 Å². The fourth-order valence-corrected chi connectivity index (χ4v) is 4.48. The van der Waals surface area contributed by atoms with Crippen molar-refractivity contribution in [3.63, 3.8) is 0 Å². The van der Waals surface area contributed by atoms with Gasteiger partial charge in [0.1, 0.15) is 5.82 Å². The molecule has 0 aromatic carbocycles. The Morgan fingerprint density at radius 1 is 0.708 bits per heavy atom. The van der Waals surface area contributed by atoms with E-state index in [4.69, 9.17) is 4.98 Å². The van der Waals surface area contributed by atoms with E-state index in [0.717, 1.165) is 6.54 Å². The summed E-state index contributed by atoms with van der Waals surface area (Å²) in [4.78, 5) is 8.40. The first kappa shape index (κ1) is 18.0. The third-order valence-corrected chi connectivity index (χ3v) is 6.05. The van der Waals surface area contributed by atoms with Crippen LogP contribution in [0.1, 0.15) is 120 Å². The molecule has 2 N–H and O–H groups in total. The lowest BCUT2D eigenvalue weighted by Crippen LogP contribution is -2.14. The molecular formula is C21H37N3. The van der Waals surface area contributed by atoms with Crippen LogP contribution >= 0.6 is 0 Å². The second-order valence-corrected chi connectivity index (χ2v) is 8.04. The van der Waals surface area contributed by atoms with E-state index >= 15 is 0 Å². The lowest BCUT2D eigenvalue weighted by Gasteiger charge is -2.16. The molecule has 24 heavy (non-hydrogen) atoms. The number of nitrogens with one attached hydrogen (secondary N) is 2. The van der Waals surface area contributed by atoms with Crippen LogP contribution in [0.5, 0.6) is 0 Å². The molecule has 2 heterocycles. The van der Waals surface area contributed by atoms with Gasteiger partial charge in [0.25, 0.3) is 0 Å². The summed E-state index contributed by atoms with van der Waals surface area (Å²) in [5.41, 5.74) is 1.41. The van der Waals surface area contributed by atoms with Gasteiger partial charge in [-0.2, -0.15) is 0 Å². The van der Waals surface area contributed by atoms with Gasteiger partial charge < -0.3 is 10.3 Å². The van der Waals surface area contributed by atoms with E-state index in [1.54, 1.807) is 0 Å². The molecule has 1 saturated heterocycles. The average Bonchev–Trinajstić information content (AvgIpc) is 3.27. The summed E-state index contributed by atoms with van der Waals surface area (Å²) in [6, 6.07) is 0.470. The number of aromatic amines is 1. The molecule has 2 aliphatic rings. The minimum atomic E-state index is 0.470. The molecule has 1 aliphatic heterocycles. The standard InChI is InChI=1S/C21H37N3/c1-2-4-6-8-10-13-18(14-11-9-7-5-3-1)20-17-23-21(24-20)19-15-12-16-22-19/h17-19,22H,1-16H2,(H,23,24). The van der Waals surface area contributed by atoms with Crippen LogP contribution in [0.25, 0.3) is 0 Å². The highest BCUT2D eigenvalue weighted by atomic mass is 15.0. The third kappa shape index (κ3) is 5.61. The molecule has 3 rings (SSSR count). The molecule has 3 heteroatoms. The number of nitrogens with zero attached hydrogens (tertiary/aromatic N) is 1. The molecule has 1 aromatic rings. The monoisotopic (exact) mass is 331 g/mol. The molecule has 2 fully saturated rings. The maximum Gasteiger partial charge on any atom is 0.123 e. The van der Waals surface area contributed by atoms with Crippen LogP contribution in [0, 0.1) is 0 Å². The Hall–Kier alpha value is -0.830. The Balaban J connectivity index is 1.55. The topological polar surface area (TPSA) is 40.7 Å². The summed E-state index contributed by atoms with van der Waals surface area (Å²) < 4.78 is 0. The zero-order chi connectivity index (χ0) is 16.5. The van der Waals surface area contributed by atoms with Gasteiger partial charge in [-0.3, -0.25) is 0 Å². The van der Waals surface area contributed by atoms with Crippen molar-refractivity contribution in [2.75, 3.05) is 6.54 Å². The van der Waals surface area contributed by atoms with Crippen LogP contribution in [0.2, 0.25) is 0 Å². The van der Waals surface area contributed by atoms with E-state index in [-0.39, 0.29) is 0 Å². The Kier molecular flexibility index (Phi) is 7.66. The highest BCUT2D eigenvalue weighted by Gasteiger charge is 2.21. The first-order valence-electron chi connectivity index (χ1n) is 10.7. The zero-order valence-corrected chi connectivity index (χ0v) is 15.5. The maximum absolute atomic E-state index is 4.71. The van der Waals surface area contributed by atoms with Gasteiger partial charge in [0, 0.05) is 17.8 Å². The Morgan fingerprint density at radius 2 is 1.29 bits per heavy atom. The summed E-state index contributed by atoms with van der Waals surface area (Å²) in [5.74, 6) is 1.89. The quantitative estimate of drug-likeness (QED) is 0.697. The van der Waals surface area contributed by atoms with E-state index in [1.165, 1.54) is 108 Å². The summed E-state index contributed by atoms with van der Waals surface area (Å²) in [6.07, 6.45) is 23.1. The maximum atomic E-state index is 4.71. The predicted molar refractivity (Wildman–Crippen MR) is 101 cm³/mol. The second kappa shape index (κ2) is 10.2. The molecule has 1 aliphatic carbocycles. The van der Waals surface area contributed by atoms with Crippen LogP contribution in [0.15, 0.2) is 6.20 Å². The van der Waals surface area contributed by atoms with E-state index < -0.39 is 0 Å². The SMILES string of the molecule is c1nc(C2CCCN2)[nH]c1C1CCCCCCCCCCCCC1. The van der Waals surface area contributed by atoms with E-state index in [0.29, 0.717) is 12.0 Å².